The van der Waals surface area contributed by atoms with Gasteiger partial charge in [-0.15, -0.1) is 0 Å². The maximum atomic E-state index is 11.1. The second-order valence-corrected chi connectivity index (χ2v) is 5.31. The lowest BCUT2D eigenvalue weighted by molar-refractivity contribution is -0.150. The van der Waals surface area contributed by atoms with E-state index >= 15 is 0 Å². The van der Waals surface area contributed by atoms with E-state index < -0.39 is 5.97 Å². The van der Waals surface area contributed by atoms with Crippen LogP contribution < -0.4 is 5.32 Å². The molecule has 0 aromatic heterocycles. The number of carboxylic acids is 1. The molecule has 2 rings (SSSR count). The molecule has 0 spiro atoms. The largest absolute Gasteiger partial charge is 0.481 e. The molecule has 1 heterocycles. The zero-order valence-corrected chi connectivity index (χ0v) is 10.7. The number of nitrogens with zero attached hydrogens (tertiary/aromatic N) is 1. The van der Waals surface area contributed by atoms with E-state index in [1.54, 1.807) is 0 Å². The zero-order chi connectivity index (χ0) is 12.3. The third kappa shape index (κ3) is 2.80. The Labute approximate surface area is 103 Å². The summed E-state index contributed by atoms with van der Waals surface area (Å²) in [5, 5.41) is 12.6. The van der Waals surface area contributed by atoms with Gasteiger partial charge in [0.15, 0.2) is 0 Å². The van der Waals surface area contributed by atoms with E-state index in [2.05, 4.69) is 17.1 Å². The monoisotopic (exact) mass is 240 g/mol. The van der Waals surface area contributed by atoms with Crippen LogP contribution in [0.4, 0.5) is 0 Å². The van der Waals surface area contributed by atoms with Crippen LogP contribution in [0.5, 0.6) is 0 Å². The fraction of sp³-hybridized carbons (Fsp3) is 0.923. The molecule has 2 fully saturated rings. The maximum Gasteiger partial charge on any atom is 0.308 e. The van der Waals surface area contributed by atoms with E-state index in [-0.39, 0.29) is 5.92 Å². The summed E-state index contributed by atoms with van der Waals surface area (Å²) in [7, 11) is 0. The molecule has 1 saturated heterocycles. The van der Waals surface area contributed by atoms with Crippen molar-refractivity contribution in [1.82, 2.24) is 10.2 Å². The summed E-state index contributed by atoms with van der Waals surface area (Å²) >= 11 is 0. The Morgan fingerprint density at radius 1 is 1.29 bits per heavy atom. The first-order valence-electron chi connectivity index (χ1n) is 6.93. The molecule has 98 valence electrons. The molecule has 2 unspecified atom stereocenters. The van der Waals surface area contributed by atoms with Gasteiger partial charge in [-0.2, -0.15) is 0 Å². The first-order valence-corrected chi connectivity index (χ1v) is 6.93. The van der Waals surface area contributed by atoms with Crippen LogP contribution in [-0.2, 0) is 4.79 Å². The van der Waals surface area contributed by atoms with Crippen molar-refractivity contribution in [3.8, 4) is 0 Å². The summed E-state index contributed by atoms with van der Waals surface area (Å²) in [5.74, 6) is -0.715. The van der Waals surface area contributed by atoms with Gasteiger partial charge in [-0.05, 0) is 51.7 Å². The molecular formula is C13H24N2O2. The predicted molar refractivity (Wildman–Crippen MR) is 67.0 cm³/mol. The van der Waals surface area contributed by atoms with Crippen LogP contribution in [0.1, 0.15) is 39.0 Å². The fourth-order valence-electron chi connectivity index (χ4n) is 3.18. The van der Waals surface area contributed by atoms with Crippen molar-refractivity contribution in [2.75, 3.05) is 19.6 Å². The molecule has 0 amide bonds. The average Bonchev–Trinajstić information content (AvgIpc) is 2.27. The molecule has 4 nitrogen and oxygen atoms in total. The molecule has 2 aliphatic rings. The highest BCUT2D eigenvalue weighted by Crippen LogP contribution is 2.35. The van der Waals surface area contributed by atoms with Gasteiger partial charge in [0.25, 0.3) is 0 Å². The minimum absolute atomic E-state index is 0.114. The van der Waals surface area contributed by atoms with Gasteiger partial charge in [0, 0.05) is 12.1 Å². The van der Waals surface area contributed by atoms with E-state index in [0.29, 0.717) is 12.1 Å². The predicted octanol–water partition coefficient (Wildman–Crippen LogP) is 1.31. The van der Waals surface area contributed by atoms with Crippen molar-refractivity contribution < 1.29 is 9.90 Å². The maximum absolute atomic E-state index is 11.1. The first kappa shape index (κ1) is 12.8. The summed E-state index contributed by atoms with van der Waals surface area (Å²) in [4.78, 5) is 13.6. The number of rotatable bonds is 5. The molecule has 2 N–H and O–H groups in total. The first-order chi connectivity index (χ1) is 8.24. The van der Waals surface area contributed by atoms with Crippen molar-refractivity contribution in [1.29, 1.82) is 0 Å². The Hall–Kier alpha value is -0.610. The number of nitrogens with one attached hydrogen (secondary N) is 1. The standard InChI is InChI=1S/C13H24N2O2/c1-2-9-15(10-5-7-14-8-6-10)12-4-3-11(12)13(16)17/h10-12,14H,2-9H2,1H3,(H,16,17). The van der Waals surface area contributed by atoms with Crippen molar-refractivity contribution in [3.05, 3.63) is 0 Å². The molecule has 17 heavy (non-hydrogen) atoms. The summed E-state index contributed by atoms with van der Waals surface area (Å²) in [6, 6.07) is 0.902. The molecule has 4 heteroatoms. The minimum atomic E-state index is -0.601. The number of piperidine rings is 1. The van der Waals surface area contributed by atoms with E-state index in [1.807, 2.05) is 0 Å². The van der Waals surface area contributed by atoms with Gasteiger partial charge in [0.05, 0.1) is 5.92 Å². The molecule has 1 saturated carbocycles. The fourth-order valence-corrected chi connectivity index (χ4v) is 3.18. The second-order valence-electron chi connectivity index (χ2n) is 5.31. The lowest BCUT2D eigenvalue weighted by atomic mass is 9.77. The molecule has 1 aliphatic carbocycles. The molecule has 0 bridgehead atoms. The van der Waals surface area contributed by atoms with E-state index in [4.69, 9.17) is 0 Å². The molecule has 0 aromatic carbocycles. The van der Waals surface area contributed by atoms with Crippen LogP contribution in [0.25, 0.3) is 0 Å². The normalized spacial score (nSPS) is 30.2. The van der Waals surface area contributed by atoms with Crippen molar-refractivity contribution in [2.45, 2.75) is 51.1 Å². The van der Waals surface area contributed by atoms with E-state index in [9.17, 15) is 9.90 Å². The minimum Gasteiger partial charge on any atom is -0.481 e. The van der Waals surface area contributed by atoms with E-state index in [1.165, 1.54) is 12.8 Å². The average molecular weight is 240 g/mol. The highest BCUT2D eigenvalue weighted by Gasteiger charge is 2.42. The molecule has 1 aliphatic heterocycles. The van der Waals surface area contributed by atoms with Gasteiger partial charge < -0.3 is 10.4 Å². The quantitative estimate of drug-likeness (QED) is 0.761. The Morgan fingerprint density at radius 3 is 2.47 bits per heavy atom. The number of hydrogen-bond donors (Lipinski definition) is 2. The summed E-state index contributed by atoms with van der Waals surface area (Å²) in [6.45, 7) is 5.40. The van der Waals surface area contributed by atoms with Crippen molar-refractivity contribution in [3.63, 3.8) is 0 Å². The smallest absolute Gasteiger partial charge is 0.308 e. The molecule has 2 atom stereocenters. The Morgan fingerprint density at radius 2 is 2.00 bits per heavy atom. The van der Waals surface area contributed by atoms with Gasteiger partial charge in [-0.1, -0.05) is 6.92 Å². The second kappa shape index (κ2) is 5.83. The van der Waals surface area contributed by atoms with Crippen LogP contribution >= 0.6 is 0 Å². The lowest BCUT2D eigenvalue weighted by Gasteiger charge is -2.47. The van der Waals surface area contributed by atoms with Crippen molar-refractivity contribution in [2.24, 2.45) is 5.92 Å². The van der Waals surface area contributed by atoms with Gasteiger partial charge in [0.2, 0.25) is 0 Å². The number of carbonyl (C=O) groups is 1. The van der Waals surface area contributed by atoms with Crippen molar-refractivity contribution >= 4 is 5.97 Å². The lowest BCUT2D eigenvalue weighted by Crippen LogP contribution is -2.56. The zero-order valence-electron chi connectivity index (χ0n) is 10.7. The molecular weight excluding hydrogens is 216 g/mol. The SMILES string of the molecule is CCCN(C1CCNCC1)C1CCC1C(=O)O. The highest BCUT2D eigenvalue weighted by molar-refractivity contribution is 5.72. The number of carboxylic acid groups (broad SMARTS) is 1. The Bertz CT molecular complexity index is 264. The third-order valence-electron chi connectivity index (χ3n) is 4.24. The van der Waals surface area contributed by atoms with Gasteiger partial charge in [-0.3, -0.25) is 9.69 Å². The summed E-state index contributed by atoms with van der Waals surface area (Å²) in [5.41, 5.74) is 0. The van der Waals surface area contributed by atoms with Crippen LogP contribution in [0.2, 0.25) is 0 Å². The summed E-state index contributed by atoms with van der Waals surface area (Å²) in [6.07, 6.45) is 5.39. The van der Waals surface area contributed by atoms with Crippen LogP contribution in [0, 0.1) is 5.92 Å². The molecule has 0 radical (unpaired) electrons. The topological polar surface area (TPSA) is 52.6 Å². The van der Waals surface area contributed by atoms with Gasteiger partial charge in [-0.25, -0.2) is 0 Å². The van der Waals surface area contributed by atoms with Gasteiger partial charge in [0.1, 0.15) is 0 Å². The van der Waals surface area contributed by atoms with Crippen LogP contribution in [0.3, 0.4) is 0 Å². The highest BCUT2D eigenvalue weighted by atomic mass is 16.4. The third-order valence-corrected chi connectivity index (χ3v) is 4.24. The number of hydrogen-bond acceptors (Lipinski definition) is 3. The van der Waals surface area contributed by atoms with Crippen LogP contribution in [0.15, 0.2) is 0 Å². The Kier molecular flexibility index (Phi) is 4.40. The van der Waals surface area contributed by atoms with Crippen LogP contribution in [-0.4, -0.2) is 47.7 Å². The number of aliphatic carboxylic acids is 1. The summed E-state index contributed by atoms with van der Waals surface area (Å²) < 4.78 is 0. The Balaban J connectivity index is 1.98. The molecule has 0 aromatic rings. The van der Waals surface area contributed by atoms with E-state index in [0.717, 1.165) is 38.9 Å². The van der Waals surface area contributed by atoms with Gasteiger partial charge >= 0.3 is 5.97 Å².